The van der Waals surface area contributed by atoms with Crippen molar-refractivity contribution in [3.63, 3.8) is 0 Å². The third-order valence-electron chi connectivity index (χ3n) is 7.57. The second-order valence-corrected chi connectivity index (χ2v) is 13.5. The Morgan fingerprint density at radius 1 is 0.743 bits per heavy atom. The van der Waals surface area contributed by atoms with E-state index in [1.807, 2.05) is 12.1 Å². The molecule has 0 aliphatic carbocycles. The van der Waals surface area contributed by atoms with Crippen molar-refractivity contribution in [1.29, 1.82) is 0 Å². The Morgan fingerprint density at radius 3 is 2.03 bits per heavy atom. The molecule has 0 spiro atoms. The maximum atomic E-state index is 14.9. The normalized spacial score (nSPS) is 18.1. The highest BCUT2D eigenvalue weighted by Gasteiger charge is 2.22. The van der Waals surface area contributed by atoms with E-state index >= 15 is 0 Å². The Hall–Kier alpha value is -2.40. The molecule has 5 heteroatoms. The smallest absolute Gasteiger partial charge is 0.194 e. The standard InChI is InChI=1S/C30H34F4Si/c1-2-3-4-15-35-16-13-21(14-17-35)5-6-22-7-12-26(27(31)18-22)24-10-8-23(9-11-24)25-19-28(32)30(34)29(33)20-25/h7-12,18-21,35H,2-6,13-17H2,1H3/t21-,35-. The molecule has 0 saturated carbocycles. The van der Waals surface area contributed by atoms with Gasteiger partial charge < -0.3 is 0 Å². The van der Waals surface area contributed by atoms with Crippen molar-refractivity contribution in [1.82, 2.24) is 0 Å². The lowest BCUT2D eigenvalue weighted by atomic mass is 9.93. The molecule has 4 rings (SSSR count). The van der Waals surface area contributed by atoms with Crippen molar-refractivity contribution in [2.24, 2.45) is 5.92 Å². The highest BCUT2D eigenvalue weighted by atomic mass is 28.3. The van der Waals surface area contributed by atoms with E-state index in [0.717, 1.165) is 36.5 Å². The number of halogens is 4. The highest BCUT2D eigenvalue weighted by Crippen LogP contribution is 2.32. The second kappa shape index (κ2) is 12.0. The topological polar surface area (TPSA) is 0 Å². The summed E-state index contributed by atoms with van der Waals surface area (Å²) in [4.78, 5) is 0. The molecule has 3 aromatic carbocycles. The van der Waals surface area contributed by atoms with Crippen LogP contribution in [0.25, 0.3) is 22.3 Å². The number of rotatable bonds is 9. The van der Waals surface area contributed by atoms with Crippen molar-refractivity contribution < 1.29 is 17.6 Å². The van der Waals surface area contributed by atoms with Crippen LogP contribution in [-0.2, 0) is 6.42 Å². The zero-order valence-electron chi connectivity index (χ0n) is 20.4. The average Bonchev–Trinajstić information content (AvgIpc) is 2.87. The van der Waals surface area contributed by atoms with Crippen LogP contribution in [-0.4, -0.2) is 8.80 Å². The van der Waals surface area contributed by atoms with Gasteiger partial charge in [-0.25, -0.2) is 17.6 Å². The van der Waals surface area contributed by atoms with Crippen LogP contribution >= 0.6 is 0 Å². The average molecular weight is 499 g/mol. The van der Waals surface area contributed by atoms with E-state index < -0.39 is 26.2 Å². The first-order valence-corrected chi connectivity index (χ1v) is 15.4. The van der Waals surface area contributed by atoms with Crippen LogP contribution < -0.4 is 0 Å². The Morgan fingerprint density at radius 2 is 1.40 bits per heavy atom. The molecule has 0 amide bonds. The number of hydrogen-bond donors (Lipinski definition) is 0. The first kappa shape index (κ1) is 25.7. The van der Waals surface area contributed by atoms with Gasteiger partial charge in [-0.15, -0.1) is 0 Å². The van der Waals surface area contributed by atoms with E-state index in [1.165, 1.54) is 50.2 Å². The molecule has 3 aromatic rings. The summed E-state index contributed by atoms with van der Waals surface area (Å²) in [6, 6.07) is 18.6. The molecule has 0 nitrogen and oxygen atoms in total. The summed E-state index contributed by atoms with van der Waals surface area (Å²) in [6.45, 7) is 2.27. The van der Waals surface area contributed by atoms with Gasteiger partial charge in [0.15, 0.2) is 17.5 Å². The fourth-order valence-electron chi connectivity index (χ4n) is 5.38. The molecular formula is C30H34F4Si. The van der Waals surface area contributed by atoms with Gasteiger partial charge in [0.05, 0.1) is 0 Å². The van der Waals surface area contributed by atoms with E-state index in [-0.39, 0.29) is 11.4 Å². The summed E-state index contributed by atoms with van der Waals surface area (Å²) in [5.41, 5.74) is 2.98. The predicted octanol–water partition coefficient (Wildman–Crippen LogP) is 9.34. The fourth-order valence-corrected chi connectivity index (χ4v) is 8.99. The molecular weight excluding hydrogens is 464 g/mol. The van der Waals surface area contributed by atoms with Gasteiger partial charge in [-0.05, 0) is 59.2 Å². The quantitative estimate of drug-likeness (QED) is 0.119. The molecule has 0 atom stereocenters. The van der Waals surface area contributed by atoms with Crippen molar-refractivity contribution in [2.75, 3.05) is 0 Å². The molecule has 0 bridgehead atoms. The van der Waals surface area contributed by atoms with Gasteiger partial charge in [0.25, 0.3) is 0 Å². The molecule has 1 aliphatic heterocycles. The van der Waals surface area contributed by atoms with Gasteiger partial charge in [0, 0.05) is 14.4 Å². The van der Waals surface area contributed by atoms with Gasteiger partial charge in [0.1, 0.15) is 5.82 Å². The number of aryl methyl sites for hydroxylation is 1. The van der Waals surface area contributed by atoms with Gasteiger partial charge in [-0.1, -0.05) is 93.6 Å². The first-order valence-electron chi connectivity index (χ1n) is 13.0. The molecule has 0 radical (unpaired) electrons. The van der Waals surface area contributed by atoms with E-state index in [4.69, 9.17) is 0 Å². The maximum absolute atomic E-state index is 14.9. The minimum Gasteiger partial charge on any atom is -0.206 e. The van der Waals surface area contributed by atoms with E-state index in [1.54, 1.807) is 30.3 Å². The van der Waals surface area contributed by atoms with Crippen LogP contribution in [0.3, 0.4) is 0 Å². The van der Waals surface area contributed by atoms with E-state index in [9.17, 15) is 17.6 Å². The summed E-state index contributed by atoms with van der Waals surface area (Å²) in [5, 5.41) is 0. The Balaban J connectivity index is 1.34. The van der Waals surface area contributed by atoms with Crippen LogP contribution in [0.1, 0.15) is 51.0 Å². The van der Waals surface area contributed by atoms with Crippen LogP contribution in [0.15, 0.2) is 54.6 Å². The van der Waals surface area contributed by atoms with Crippen molar-refractivity contribution in [2.45, 2.75) is 70.0 Å². The van der Waals surface area contributed by atoms with Gasteiger partial charge >= 0.3 is 0 Å². The van der Waals surface area contributed by atoms with Crippen molar-refractivity contribution in [3.05, 3.63) is 83.4 Å². The number of hydrogen-bond acceptors (Lipinski definition) is 0. The fraction of sp³-hybridized carbons (Fsp3) is 0.400. The minimum absolute atomic E-state index is 0.237. The third-order valence-corrected chi connectivity index (χ3v) is 11.1. The molecule has 35 heavy (non-hydrogen) atoms. The lowest BCUT2D eigenvalue weighted by Crippen LogP contribution is -2.21. The molecule has 1 saturated heterocycles. The molecule has 186 valence electrons. The van der Waals surface area contributed by atoms with Crippen molar-refractivity contribution >= 4 is 8.80 Å². The summed E-state index contributed by atoms with van der Waals surface area (Å²) < 4.78 is 55.3. The lowest BCUT2D eigenvalue weighted by molar-refractivity contribution is 0.436. The van der Waals surface area contributed by atoms with Crippen LogP contribution in [0.2, 0.25) is 18.1 Å². The summed E-state index contributed by atoms with van der Waals surface area (Å²) in [5.74, 6) is -3.42. The lowest BCUT2D eigenvalue weighted by Gasteiger charge is -2.27. The summed E-state index contributed by atoms with van der Waals surface area (Å²) in [7, 11) is -0.490. The number of benzene rings is 3. The molecule has 0 aromatic heterocycles. The summed E-state index contributed by atoms with van der Waals surface area (Å²) in [6.07, 6.45) is 8.87. The Labute approximate surface area is 208 Å². The summed E-state index contributed by atoms with van der Waals surface area (Å²) >= 11 is 0. The zero-order valence-corrected chi connectivity index (χ0v) is 21.6. The third kappa shape index (κ3) is 6.63. The van der Waals surface area contributed by atoms with Crippen molar-refractivity contribution in [3.8, 4) is 22.3 Å². The van der Waals surface area contributed by atoms with Crippen LogP contribution in [0.4, 0.5) is 17.6 Å². The predicted molar refractivity (Wildman–Crippen MR) is 139 cm³/mol. The largest absolute Gasteiger partial charge is 0.206 e. The Bertz CT molecular complexity index is 1090. The monoisotopic (exact) mass is 498 g/mol. The number of unbranched alkanes of at least 4 members (excludes halogenated alkanes) is 2. The SMILES string of the molecule is CCCCC[Si@H]1CC[C@H](CCc2ccc(-c3ccc(-c4cc(F)c(F)c(F)c4)cc3)c(F)c2)CC1. The van der Waals surface area contributed by atoms with Gasteiger partial charge in [-0.3, -0.25) is 0 Å². The molecule has 0 unspecified atom stereocenters. The second-order valence-electron chi connectivity index (χ2n) is 10.1. The molecule has 0 N–H and O–H groups in total. The molecule has 1 aliphatic rings. The highest BCUT2D eigenvalue weighted by molar-refractivity contribution is 6.58. The minimum atomic E-state index is -1.48. The van der Waals surface area contributed by atoms with Crippen LogP contribution in [0, 0.1) is 29.2 Å². The van der Waals surface area contributed by atoms with Gasteiger partial charge in [0.2, 0.25) is 0 Å². The zero-order chi connectivity index (χ0) is 24.8. The maximum Gasteiger partial charge on any atom is 0.194 e. The van der Waals surface area contributed by atoms with E-state index in [2.05, 4.69) is 6.92 Å². The first-order chi connectivity index (χ1) is 16.9. The Kier molecular flexibility index (Phi) is 8.82. The van der Waals surface area contributed by atoms with E-state index in [0.29, 0.717) is 16.7 Å². The van der Waals surface area contributed by atoms with Crippen LogP contribution in [0.5, 0.6) is 0 Å². The van der Waals surface area contributed by atoms with Gasteiger partial charge in [-0.2, -0.15) is 0 Å². The molecule has 1 heterocycles. The molecule has 1 fully saturated rings.